The minimum Gasteiger partial charge on any atom is -0.459 e. The van der Waals surface area contributed by atoms with Gasteiger partial charge < -0.3 is 24.5 Å². The molecule has 1 atom stereocenters. The maximum atomic E-state index is 12.9. The minimum absolute atomic E-state index is 0.0645. The number of aromatic amines is 1. The number of esters is 1. The number of pyridine rings is 1. The highest BCUT2D eigenvalue weighted by atomic mass is 35.5. The van der Waals surface area contributed by atoms with Crippen LogP contribution in [0, 0.1) is 0 Å². The van der Waals surface area contributed by atoms with Crippen LogP contribution in [0.1, 0.15) is 15.9 Å². The normalized spacial score (nSPS) is 14.9. The van der Waals surface area contributed by atoms with Gasteiger partial charge in [-0.3, -0.25) is 9.59 Å². The van der Waals surface area contributed by atoms with Crippen molar-refractivity contribution in [2.24, 2.45) is 0 Å². The predicted octanol–water partition coefficient (Wildman–Crippen LogP) is 2.44. The average molecular weight is 457 g/mol. The summed E-state index contributed by atoms with van der Waals surface area (Å²) in [5.74, 6) is -1.12. The second-order valence-electron chi connectivity index (χ2n) is 7.24. The summed E-state index contributed by atoms with van der Waals surface area (Å²) in [4.78, 5) is 40.6. The van der Waals surface area contributed by atoms with E-state index in [9.17, 15) is 14.4 Å². The number of aromatic nitrogens is 1. The number of amides is 1. The number of hydrogen-bond acceptors (Lipinski definition) is 6. The zero-order valence-corrected chi connectivity index (χ0v) is 17.8. The minimum atomic E-state index is -1.04. The summed E-state index contributed by atoms with van der Waals surface area (Å²) >= 11 is 5.89. The number of ether oxygens (including phenoxy) is 3. The Morgan fingerprint density at radius 1 is 1.12 bits per heavy atom. The molecular weight excluding hydrogens is 436 g/mol. The molecule has 2 N–H and O–H groups in total. The molecule has 1 aliphatic heterocycles. The molecule has 1 amide bonds. The molecule has 0 saturated carbocycles. The summed E-state index contributed by atoms with van der Waals surface area (Å²) in [7, 11) is 0. The van der Waals surface area contributed by atoms with Gasteiger partial charge in [-0.1, -0.05) is 29.8 Å². The monoisotopic (exact) mass is 456 g/mol. The third-order valence-electron chi connectivity index (χ3n) is 5.01. The Hall–Kier alpha value is -3.20. The van der Waals surface area contributed by atoms with Gasteiger partial charge in [-0.15, -0.1) is 0 Å². The third-order valence-corrected chi connectivity index (χ3v) is 5.26. The standard InChI is InChI=1S/C23H21ClN2O6/c24-16-7-5-14(6-8-16)22(28)26-19(23(29)32-13-21-30-9-10-31-21)11-15-12-20(27)25-18-4-2-1-3-17(15)18/h1-8,12,19,21H,9-11,13H2,(H,25,27)(H,26,28). The number of para-hydroxylation sites is 1. The van der Waals surface area contributed by atoms with Crippen LogP contribution in [-0.2, 0) is 25.4 Å². The van der Waals surface area contributed by atoms with Crippen LogP contribution in [0.3, 0.4) is 0 Å². The Balaban J connectivity index is 1.58. The smallest absolute Gasteiger partial charge is 0.329 e. The van der Waals surface area contributed by atoms with Crippen molar-refractivity contribution in [3.8, 4) is 0 Å². The van der Waals surface area contributed by atoms with Gasteiger partial charge in [0.1, 0.15) is 12.6 Å². The van der Waals surface area contributed by atoms with Crippen LogP contribution in [0.2, 0.25) is 5.02 Å². The number of nitrogens with one attached hydrogen (secondary N) is 2. The van der Waals surface area contributed by atoms with Crippen molar-refractivity contribution in [1.82, 2.24) is 10.3 Å². The number of carbonyl (C=O) groups excluding carboxylic acids is 2. The van der Waals surface area contributed by atoms with Gasteiger partial charge in [0.25, 0.3) is 5.91 Å². The van der Waals surface area contributed by atoms with E-state index in [0.29, 0.717) is 34.9 Å². The van der Waals surface area contributed by atoms with Crippen LogP contribution < -0.4 is 10.9 Å². The molecule has 9 heteroatoms. The molecule has 1 aliphatic rings. The van der Waals surface area contributed by atoms with Crippen molar-refractivity contribution >= 4 is 34.4 Å². The Morgan fingerprint density at radius 3 is 2.59 bits per heavy atom. The van der Waals surface area contributed by atoms with Gasteiger partial charge in [-0.05, 0) is 35.9 Å². The van der Waals surface area contributed by atoms with Crippen LogP contribution in [0.5, 0.6) is 0 Å². The summed E-state index contributed by atoms with van der Waals surface area (Å²) in [6.07, 6.45) is -0.568. The second-order valence-corrected chi connectivity index (χ2v) is 7.68. The zero-order chi connectivity index (χ0) is 22.5. The first-order valence-corrected chi connectivity index (χ1v) is 10.4. The molecule has 2 aromatic carbocycles. The van der Waals surface area contributed by atoms with E-state index in [-0.39, 0.29) is 18.6 Å². The topological polar surface area (TPSA) is 107 Å². The highest BCUT2D eigenvalue weighted by molar-refractivity contribution is 6.30. The lowest BCUT2D eigenvalue weighted by molar-refractivity contribution is -0.157. The van der Waals surface area contributed by atoms with Gasteiger partial charge in [-0.25, -0.2) is 4.79 Å². The first kappa shape index (κ1) is 22.0. The molecular formula is C23H21ClN2O6. The largest absolute Gasteiger partial charge is 0.459 e. The molecule has 0 bridgehead atoms. The number of H-pyrrole nitrogens is 1. The molecule has 1 saturated heterocycles. The first-order chi connectivity index (χ1) is 15.5. The van der Waals surface area contributed by atoms with E-state index in [1.165, 1.54) is 6.07 Å². The van der Waals surface area contributed by atoms with Gasteiger partial charge in [0, 0.05) is 34.0 Å². The molecule has 1 aromatic heterocycles. The molecule has 1 fully saturated rings. The lowest BCUT2D eigenvalue weighted by atomic mass is 10.0. The summed E-state index contributed by atoms with van der Waals surface area (Å²) < 4.78 is 15.9. The van der Waals surface area contributed by atoms with Gasteiger partial charge in [0.15, 0.2) is 6.29 Å². The number of hydrogen-bond donors (Lipinski definition) is 2. The van der Waals surface area contributed by atoms with E-state index < -0.39 is 24.2 Å². The van der Waals surface area contributed by atoms with E-state index in [0.717, 1.165) is 5.39 Å². The van der Waals surface area contributed by atoms with Crippen LogP contribution in [-0.4, -0.2) is 49.0 Å². The fourth-order valence-electron chi connectivity index (χ4n) is 3.46. The number of carbonyl (C=O) groups is 2. The lowest BCUT2D eigenvalue weighted by Crippen LogP contribution is -2.44. The molecule has 32 heavy (non-hydrogen) atoms. The van der Waals surface area contributed by atoms with Crippen LogP contribution in [0.4, 0.5) is 0 Å². The Bertz CT molecular complexity index is 1170. The van der Waals surface area contributed by atoms with Crippen molar-refractivity contribution in [3.05, 3.63) is 81.1 Å². The van der Waals surface area contributed by atoms with Gasteiger partial charge in [-0.2, -0.15) is 0 Å². The lowest BCUT2D eigenvalue weighted by Gasteiger charge is -2.19. The quantitative estimate of drug-likeness (QED) is 0.529. The first-order valence-electron chi connectivity index (χ1n) is 10.1. The van der Waals surface area contributed by atoms with E-state index in [1.54, 1.807) is 36.4 Å². The maximum absolute atomic E-state index is 12.9. The summed E-state index contributed by atoms with van der Waals surface area (Å²) in [6, 6.07) is 13.9. The zero-order valence-electron chi connectivity index (χ0n) is 17.0. The van der Waals surface area contributed by atoms with Crippen molar-refractivity contribution in [1.29, 1.82) is 0 Å². The van der Waals surface area contributed by atoms with Crippen molar-refractivity contribution < 1.29 is 23.8 Å². The highest BCUT2D eigenvalue weighted by Gasteiger charge is 2.26. The Labute approximate surface area is 188 Å². The Kier molecular flexibility index (Phi) is 6.84. The summed E-state index contributed by atoms with van der Waals surface area (Å²) in [5.41, 5.74) is 1.28. The third kappa shape index (κ3) is 5.34. The van der Waals surface area contributed by atoms with Gasteiger partial charge in [0.2, 0.25) is 5.56 Å². The van der Waals surface area contributed by atoms with Crippen molar-refractivity contribution in [3.63, 3.8) is 0 Å². The van der Waals surface area contributed by atoms with Crippen molar-refractivity contribution in [2.75, 3.05) is 19.8 Å². The summed E-state index contributed by atoms with van der Waals surface area (Å²) in [5, 5.41) is 3.97. The molecule has 4 rings (SSSR count). The van der Waals surface area contributed by atoms with Gasteiger partial charge >= 0.3 is 5.97 Å². The number of halogens is 1. The van der Waals surface area contributed by atoms with E-state index in [2.05, 4.69) is 10.3 Å². The maximum Gasteiger partial charge on any atom is 0.329 e. The molecule has 0 radical (unpaired) electrons. The molecule has 1 unspecified atom stereocenters. The molecule has 8 nitrogen and oxygen atoms in total. The van der Waals surface area contributed by atoms with E-state index in [4.69, 9.17) is 25.8 Å². The second kappa shape index (κ2) is 9.95. The molecule has 0 spiro atoms. The van der Waals surface area contributed by atoms with Crippen LogP contribution in [0.25, 0.3) is 10.9 Å². The number of rotatable bonds is 7. The van der Waals surface area contributed by atoms with E-state index in [1.807, 2.05) is 12.1 Å². The molecule has 0 aliphatic carbocycles. The fraction of sp³-hybridized carbons (Fsp3) is 0.261. The molecule has 166 valence electrons. The summed E-state index contributed by atoms with van der Waals surface area (Å²) in [6.45, 7) is 0.762. The molecule has 2 heterocycles. The van der Waals surface area contributed by atoms with Crippen LogP contribution >= 0.6 is 11.6 Å². The molecule has 3 aromatic rings. The Morgan fingerprint density at radius 2 is 1.84 bits per heavy atom. The number of fused-ring (bicyclic) bond motifs is 1. The average Bonchev–Trinajstić information content (AvgIpc) is 3.31. The fourth-order valence-corrected chi connectivity index (χ4v) is 3.58. The number of benzene rings is 2. The predicted molar refractivity (Wildman–Crippen MR) is 118 cm³/mol. The SMILES string of the molecule is O=C(NC(Cc1cc(=O)[nH]c2ccccc12)C(=O)OCC1OCCO1)c1ccc(Cl)cc1. The highest BCUT2D eigenvalue weighted by Crippen LogP contribution is 2.17. The van der Waals surface area contributed by atoms with E-state index >= 15 is 0 Å². The van der Waals surface area contributed by atoms with Crippen molar-refractivity contribution in [2.45, 2.75) is 18.8 Å². The van der Waals surface area contributed by atoms with Gasteiger partial charge in [0.05, 0.1) is 13.2 Å². The van der Waals surface area contributed by atoms with Crippen LogP contribution in [0.15, 0.2) is 59.4 Å².